The van der Waals surface area contributed by atoms with Crippen LogP contribution in [0.1, 0.15) is 42.5 Å². The van der Waals surface area contributed by atoms with Crippen LogP contribution in [-0.4, -0.2) is 56.2 Å². The Kier molecular flexibility index (Phi) is 4.35. The van der Waals surface area contributed by atoms with Gasteiger partial charge in [0.2, 0.25) is 5.95 Å². The third-order valence-corrected chi connectivity index (χ3v) is 5.20. The van der Waals surface area contributed by atoms with Crippen LogP contribution >= 0.6 is 0 Å². The van der Waals surface area contributed by atoms with Gasteiger partial charge in [0.1, 0.15) is 0 Å². The highest BCUT2D eigenvalue weighted by Gasteiger charge is 2.34. The van der Waals surface area contributed by atoms with Gasteiger partial charge in [-0.15, -0.1) is 0 Å². The summed E-state index contributed by atoms with van der Waals surface area (Å²) in [5.74, 6) is 0.136. The molecule has 0 atom stereocenters. The first kappa shape index (κ1) is 16.0. The summed E-state index contributed by atoms with van der Waals surface area (Å²) >= 11 is 0. The second-order valence-corrected chi connectivity index (χ2v) is 6.89. The van der Waals surface area contributed by atoms with E-state index in [0.29, 0.717) is 17.3 Å². The van der Waals surface area contributed by atoms with Crippen molar-refractivity contribution in [1.29, 1.82) is 0 Å². The highest BCUT2D eigenvalue weighted by molar-refractivity contribution is 5.95. The molecule has 1 aliphatic heterocycles. The zero-order chi connectivity index (χ0) is 17.2. The van der Waals surface area contributed by atoms with Gasteiger partial charge in [0.25, 0.3) is 5.91 Å². The molecule has 0 spiro atoms. The number of piperidine rings is 1. The zero-order valence-electron chi connectivity index (χ0n) is 14.1. The Morgan fingerprint density at radius 3 is 2.72 bits per heavy atom. The number of nitrogen functional groups attached to an aromatic ring is 1. The van der Waals surface area contributed by atoms with E-state index < -0.39 is 0 Å². The summed E-state index contributed by atoms with van der Waals surface area (Å²) in [6.07, 6.45) is 6.06. The summed E-state index contributed by atoms with van der Waals surface area (Å²) in [6, 6.07) is 8.07. The van der Waals surface area contributed by atoms with Crippen molar-refractivity contribution in [3.05, 3.63) is 29.8 Å². The molecule has 2 aliphatic rings. The molecule has 1 saturated carbocycles. The smallest absolute Gasteiger partial charge is 0.251 e. The normalized spacial score (nSPS) is 23.8. The number of rotatable bonds is 4. The van der Waals surface area contributed by atoms with Gasteiger partial charge in [-0.25, -0.2) is 0 Å². The average molecular weight is 341 g/mol. The fourth-order valence-electron chi connectivity index (χ4n) is 3.71. The first-order valence-electron chi connectivity index (χ1n) is 8.90. The molecule has 0 radical (unpaired) electrons. The number of carbonyl (C=O) groups excluding carboxylic acids is 1. The predicted molar refractivity (Wildman–Crippen MR) is 93.3 cm³/mol. The molecule has 2 heterocycles. The average Bonchev–Trinajstić information content (AvgIpc) is 3.04. The summed E-state index contributed by atoms with van der Waals surface area (Å²) in [5, 5.41) is 14.2. The molecule has 25 heavy (non-hydrogen) atoms. The lowest BCUT2D eigenvalue weighted by atomic mass is 9.84. The monoisotopic (exact) mass is 341 g/mol. The highest BCUT2D eigenvalue weighted by Crippen LogP contribution is 2.28. The minimum atomic E-state index is -0.0596. The van der Waals surface area contributed by atoms with Crippen molar-refractivity contribution >= 4 is 11.9 Å². The molecule has 2 aromatic rings. The molecule has 1 amide bonds. The summed E-state index contributed by atoms with van der Waals surface area (Å²) in [4.78, 5) is 15.1. The number of hydrogen-bond acceptors (Lipinski definition) is 6. The number of carbonyl (C=O) groups is 1. The SMILES string of the molecule is Nc1nnnn1-c1cccc(C(=O)NC2CC(N3CCCCC3)C2)c1. The molecule has 8 nitrogen and oxygen atoms in total. The van der Waals surface area contributed by atoms with Gasteiger partial charge in [-0.2, -0.15) is 4.68 Å². The largest absolute Gasteiger partial charge is 0.366 e. The lowest BCUT2D eigenvalue weighted by Crippen LogP contribution is -2.54. The second-order valence-electron chi connectivity index (χ2n) is 6.89. The lowest BCUT2D eigenvalue weighted by Gasteiger charge is -2.44. The molecule has 2 fully saturated rings. The van der Waals surface area contributed by atoms with Crippen LogP contribution in [0, 0.1) is 0 Å². The standard InChI is InChI=1S/C17H23N7O/c18-17-20-21-22-24(17)14-6-4-5-12(9-14)16(25)19-13-10-15(11-13)23-7-2-1-3-8-23/h4-6,9,13,15H,1-3,7-8,10-11H2,(H,19,25)(H2,18,20,22). The summed E-state index contributed by atoms with van der Waals surface area (Å²) < 4.78 is 1.41. The van der Waals surface area contributed by atoms with Crippen LogP contribution < -0.4 is 11.1 Å². The number of nitrogens with one attached hydrogen (secondary N) is 1. The molecule has 3 N–H and O–H groups in total. The molecule has 1 aromatic heterocycles. The van der Waals surface area contributed by atoms with Crippen molar-refractivity contribution in [2.24, 2.45) is 0 Å². The predicted octanol–water partition coefficient (Wildman–Crippen LogP) is 0.991. The molecule has 8 heteroatoms. The first-order chi connectivity index (χ1) is 12.2. The minimum absolute atomic E-state index is 0.0596. The number of benzene rings is 1. The van der Waals surface area contributed by atoms with E-state index in [2.05, 4.69) is 25.7 Å². The number of nitrogens with zero attached hydrogens (tertiary/aromatic N) is 5. The Morgan fingerprint density at radius 1 is 1.20 bits per heavy atom. The number of aromatic nitrogens is 4. The van der Waals surface area contributed by atoms with E-state index in [4.69, 9.17) is 5.73 Å². The second kappa shape index (κ2) is 6.79. The Bertz CT molecular complexity index is 747. The van der Waals surface area contributed by atoms with Gasteiger partial charge in [-0.05, 0) is 67.4 Å². The number of likely N-dealkylation sites (tertiary alicyclic amines) is 1. The molecule has 0 bridgehead atoms. The van der Waals surface area contributed by atoms with Crippen molar-refractivity contribution < 1.29 is 4.79 Å². The van der Waals surface area contributed by atoms with Crippen LogP contribution in [0.2, 0.25) is 0 Å². The van der Waals surface area contributed by atoms with Gasteiger partial charge in [-0.3, -0.25) is 4.79 Å². The fraction of sp³-hybridized carbons (Fsp3) is 0.529. The fourth-order valence-corrected chi connectivity index (χ4v) is 3.71. The topological polar surface area (TPSA) is 102 Å². The van der Waals surface area contributed by atoms with Crippen molar-refractivity contribution in [3.63, 3.8) is 0 Å². The number of anilines is 1. The third-order valence-electron chi connectivity index (χ3n) is 5.20. The van der Waals surface area contributed by atoms with Crippen molar-refractivity contribution in [2.75, 3.05) is 18.8 Å². The van der Waals surface area contributed by atoms with Gasteiger partial charge >= 0.3 is 0 Å². The summed E-state index contributed by atoms with van der Waals surface area (Å²) in [7, 11) is 0. The van der Waals surface area contributed by atoms with E-state index >= 15 is 0 Å². The summed E-state index contributed by atoms with van der Waals surface area (Å²) in [6.45, 7) is 2.42. The maximum Gasteiger partial charge on any atom is 0.251 e. The van der Waals surface area contributed by atoms with Gasteiger partial charge in [0, 0.05) is 17.6 Å². The van der Waals surface area contributed by atoms with Crippen LogP contribution in [0.15, 0.2) is 24.3 Å². The molecule has 1 aliphatic carbocycles. The van der Waals surface area contributed by atoms with Gasteiger partial charge < -0.3 is 16.0 Å². The summed E-state index contributed by atoms with van der Waals surface area (Å²) in [5.41, 5.74) is 6.99. The molecular formula is C17H23N7O. The van der Waals surface area contributed by atoms with Crippen molar-refractivity contribution in [1.82, 2.24) is 30.4 Å². The van der Waals surface area contributed by atoms with Crippen LogP contribution in [-0.2, 0) is 0 Å². The molecule has 1 aromatic carbocycles. The van der Waals surface area contributed by atoms with E-state index in [1.165, 1.54) is 37.0 Å². The minimum Gasteiger partial charge on any atom is -0.366 e. The van der Waals surface area contributed by atoms with Crippen molar-refractivity contribution in [2.45, 2.75) is 44.2 Å². The quantitative estimate of drug-likeness (QED) is 0.860. The molecular weight excluding hydrogens is 318 g/mol. The van der Waals surface area contributed by atoms with Crippen LogP contribution in [0.25, 0.3) is 5.69 Å². The van der Waals surface area contributed by atoms with E-state index in [0.717, 1.165) is 12.8 Å². The molecule has 132 valence electrons. The van der Waals surface area contributed by atoms with Gasteiger partial charge in [0.05, 0.1) is 5.69 Å². The van der Waals surface area contributed by atoms with Gasteiger partial charge in [-0.1, -0.05) is 17.6 Å². The van der Waals surface area contributed by atoms with Crippen LogP contribution in [0.4, 0.5) is 5.95 Å². The first-order valence-corrected chi connectivity index (χ1v) is 8.90. The Balaban J connectivity index is 1.35. The lowest BCUT2D eigenvalue weighted by molar-refractivity contribution is 0.0677. The van der Waals surface area contributed by atoms with Crippen LogP contribution in [0.3, 0.4) is 0 Å². The Hall–Kier alpha value is -2.48. The molecule has 0 unspecified atom stereocenters. The van der Waals surface area contributed by atoms with E-state index in [-0.39, 0.29) is 17.9 Å². The van der Waals surface area contributed by atoms with E-state index in [9.17, 15) is 4.79 Å². The Morgan fingerprint density at radius 2 is 2.00 bits per heavy atom. The van der Waals surface area contributed by atoms with Gasteiger partial charge in [0.15, 0.2) is 0 Å². The Labute approximate surface area is 146 Å². The highest BCUT2D eigenvalue weighted by atomic mass is 16.1. The molecule has 1 saturated heterocycles. The van der Waals surface area contributed by atoms with E-state index in [1.807, 2.05) is 12.1 Å². The number of nitrogens with two attached hydrogens (primary N) is 1. The van der Waals surface area contributed by atoms with Crippen LogP contribution in [0.5, 0.6) is 0 Å². The number of hydrogen-bond donors (Lipinski definition) is 2. The maximum absolute atomic E-state index is 12.5. The zero-order valence-corrected chi connectivity index (χ0v) is 14.1. The van der Waals surface area contributed by atoms with Crippen molar-refractivity contribution in [3.8, 4) is 5.69 Å². The molecule has 4 rings (SSSR count). The third kappa shape index (κ3) is 3.34. The maximum atomic E-state index is 12.5. The number of tetrazole rings is 1. The number of amides is 1. The van der Waals surface area contributed by atoms with E-state index in [1.54, 1.807) is 12.1 Å².